The summed E-state index contributed by atoms with van der Waals surface area (Å²) in [6.45, 7) is 3.37. The van der Waals surface area contributed by atoms with Crippen LogP contribution >= 0.6 is 0 Å². The van der Waals surface area contributed by atoms with Gasteiger partial charge in [-0.05, 0) is 25.0 Å². The summed E-state index contributed by atoms with van der Waals surface area (Å²) >= 11 is 0. The van der Waals surface area contributed by atoms with E-state index in [-0.39, 0.29) is 5.56 Å². The molecule has 1 atom stereocenters. The highest BCUT2D eigenvalue weighted by molar-refractivity contribution is 5.33. The number of hydrogen-bond acceptors (Lipinski definition) is 1. The molecule has 1 aromatic rings. The first-order chi connectivity index (χ1) is 6.32. The van der Waals surface area contributed by atoms with Crippen LogP contribution in [0.5, 0.6) is 0 Å². The van der Waals surface area contributed by atoms with Crippen molar-refractivity contribution in [3.8, 4) is 0 Å². The molecule has 0 heterocycles. The molecule has 0 unspecified atom stereocenters. The molecule has 1 rings (SSSR count). The lowest BCUT2D eigenvalue weighted by Gasteiger charge is -2.18. The van der Waals surface area contributed by atoms with E-state index in [4.69, 9.17) is 5.73 Å². The fourth-order valence-electron chi connectivity index (χ4n) is 1.27. The van der Waals surface area contributed by atoms with E-state index in [9.17, 15) is 13.2 Å². The Balaban J connectivity index is 3.12. The molecule has 0 bridgehead atoms. The Morgan fingerprint density at radius 2 is 1.79 bits per heavy atom. The average Bonchev–Trinajstić information content (AvgIpc) is 2.06. The van der Waals surface area contributed by atoms with Crippen molar-refractivity contribution in [3.63, 3.8) is 0 Å². The van der Waals surface area contributed by atoms with E-state index < -0.39 is 12.2 Å². The van der Waals surface area contributed by atoms with E-state index in [0.717, 1.165) is 5.56 Å². The summed E-state index contributed by atoms with van der Waals surface area (Å²) in [5.41, 5.74) is 6.62. The number of alkyl halides is 3. The Hall–Kier alpha value is -1.03. The van der Waals surface area contributed by atoms with E-state index in [1.165, 1.54) is 6.07 Å². The number of aryl methyl sites for hydroxylation is 2. The molecule has 0 spiro atoms. The number of rotatable bonds is 1. The van der Waals surface area contributed by atoms with Crippen LogP contribution in [-0.2, 0) is 0 Å². The second kappa shape index (κ2) is 3.61. The smallest absolute Gasteiger partial charge is 0.316 e. The standard InChI is InChI=1S/C10H12F3N/c1-6-3-4-7(2)8(5-6)9(14)10(11,12)13/h3-5,9H,14H2,1-2H3/t9-/m0/s1. The Morgan fingerprint density at radius 1 is 1.21 bits per heavy atom. The minimum absolute atomic E-state index is 0.150. The Labute approximate surface area is 80.7 Å². The molecule has 0 radical (unpaired) electrons. The van der Waals surface area contributed by atoms with Crippen molar-refractivity contribution in [3.05, 3.63) is 34.9 Å². The molecule has 0 aromatic heterocycles. The van der Waals surface area contributed by atoms with Gasteiger partial charge in [0.25, 0.3) is 0 Å². The van der Waals surface area contributed by atoms with Crippen molar-refractivity contribution < 1.29 is 13.2 Å². The fourth-order valence-corrected chi connectivity index (χ4v) is 1.27. The van der Waals surface area contributed by atoms with Crippen LogP contribution < -0.4 is 5.73 Å². The number of nitrogens with two attached hydrogens (primary N) is 1. The SMILES string of the molecule is Cc1ccc(C)c([C@H](N)C(F)(F)F)c1. The van der Waals surface area contributed by atoms with E-state index in [1.807, 2.05) is 0 Å². The van der Waals surface area contributed by atoms with Gasteiger partial charge < -0.3 is 5.73 Å². The maximum Gasteiger partial charge on any atom is 0.407 e. The van der Waals surface area contributed by atoms with Gasteiger partial charge >= 0.3 is 6.18 Å². The Morgan fingerprint density at radius 3 is 2.29 bits per heavy atom. The van der Waals surface area contributed by atoms with E-state index in [2.05, 4.69) is 0 Å². The first-order valence-electron chi connectivity index (χ1n) is 4.22. The van der Waals surface area contributed by atoms with Gasteiger partial charge in [0.2, 0.25) is 0 Å². The molecular formula is C10H12F3N. The number of halogens is 3. The molecule has 2 N–H and O–H groups in total. The Kier molecular flexibility index (Phi) is 2.85. The fraction of sp³-hybridized carbons (Fsp3) is 0.400. The monoisotopic (exact) mass is 203 g/mol. The zero-order chi connectivity index (χ0) is 10.9. The van der Waals surface area contributed by atoms with Crippen molar-refractivity contribution >= 4 is 0 Å². The van der Waals surface area contributed by atoms with Crippen molar-refractivity contribution in [2.45, 2.75) is 26.1 Å². The quantitative estimate of drug-likeness (QED) is 0.746. The van der Waals surface area contributed by atoms with Gasteiger partial charge in [-0.3, -0.25) is 0 Å². The molecule has 0 aliphatic carbocycles. The minimum atomic E-state index is -4.38. The molecule has 0 amide bonds. The molecule has 0 aliphatic rings. The van der Waals surface area contributed by atoms with E-state index in [1.54, 1.807) is 26.0 Å². The molecule has 0 aliphatic heterocycles. The molecule has 78 valence electrons. The predicted molar refractivity (Wildman–Crippen MR) is 48.9 cm³/mol. The van der Waals surface area contributed by atoms with Gasteiger partial charge in [-0.2, -0.15) is 13.2 Å². The highest BCUT2D eigenvalue weighted by atomic mass is 19.4. The molecule has 1 aromatic carbocycles. The summed E-state index contributed by atoms with van der Waals surface area (Å²) < 4.78 is 37.0. The lowest BCUT2D eigenvalue weighted by atomic mass is 9.99. The molecule has 1 nitrogen and oxygen atoms in total. The van der Waals surface area contributed by atoms with Gasteiger partial charge in [0.1, 0.15) is 6.04 Å². The largest absolute Gasteiger partial charge is 0.407 e. The van der Waals surface area contributed by atoms with Crippen molar-refractivity contribution in [1.82, 2.24) is 0 Å². The molecular weight excluding hydrogens is 191 g/mol. The summed E-state index contributed by atoms with van der Waals surface area (Å²) in [7, 11) is 0. The molecule has 0 saturated heterocycles. The predicted octanol–water partition coefficient (Wildman–Crippen LogP) is 2.87. The van der Waals surface area contributed by atoms with Crippen LogP contribution in [0.15, 0.2) is 18.2 Å². The van der Waals surface area contributed by atoms with Crippen LogP contribution in [0.2, 0.25) is 0 Å². The third-order valence-corrected chi connectivity index (χ3v) is 2.12. The van der Waals surface area contributed by atoms with Crippen LogP contribution in [0.1, 0.15) is 22.7 Å². The third kappa shape index (κ3) is 2.26. The summed E-state index contributed by atoms with van der Waals surface area (Å²) in [6, 6.07) is 3.01. The van der Waals surface area contributed by atoms with Crippen molar-refractivity contribution in [1.29, 1.82) is 0 Å². The van der Waals surface area contributed by atoms with Crippen LogP contribution in [0, 0.1) is 13.8 Å². The summed E-state index contributed by atoms with van der Waals surface area (Å²) in [5, 5.41) is 0. The molecule has 4 heteroatoms. The Bertz CT molecular complexity index is 331. The minimum Gasteiger partial charge on any atom is -0.316 e. The zero-order valence-electron chi connectivity index (χ0n) is 8.02. The van der Waals surface area contributed by atoms with E-state index in [0.29, 0.717) is 5.56 Å². The molecule has 0 fully saturated rings. The maximum absolute atomic E-state index is 12.3. The number of hydrogen-bond donors (Lipinski definition) is 1. The lowest BCUT2D eigenvalue weighted by Crippen LogP contribution is -2.29. The van der Waals surface area contributed by atoms with Crippen LogP contribution in [0.25, 0.3) is 0 Å². The lowest BCUT2D eigenvalue weighted by molar-refractivity contribution is -0.149. The van der Waals surface area contributed by atoms with Gasteiger partial charge in [-0.15, -0.1) is 0 Å². The highest BCUT2D eigenvalue weighted by Gasteiger charge is 2.38. The van der Waals surface area contributed by atoms with Gasteiger partial charge in [0, 0.05) is 0 Å². The van der Waals surface area contributed by atoms with Gasteiger partial charge in [-0.1, -0.05) is 23.8 Å². The third-order valence-electron chi connectivity index (χ3n) is 2.12. The summed E-state index contributed by atoms with van der Waals surface area (Å²) in [6.07, 6.45) is -4.38. The topological polar surface area (TPSA) is 26.0 Å². The maximum atomic E-state index is 12.3. The second-order valence-electron chi connectivity index (χ2n) is 3.38. The van der Waals surface area contributed by atoms with Crippen LogP contribution in [-0.4, -0.2) is 6.18 Å². The molecule has 14 heavy (non-hydrogen) atoms. The van der Waals surface area contributed by atoms with E-state index >= 15 is 0 Å². The summed E-state index contributed by atoms with van der Waals surface area (Å²) in [5.74, 6) is 0. The van der Waals surface area contributed by atoms with Crippen molar-refractivity contribution in [2.75, 3.05) is 0 Å². The second-order valence-corrected chi connectivity index (χ2v) is 3.38. The van der Waals surface area contributed by atoms with Crippen molar-refractivity contribution in [2.24, 2.45) is 5.73 Å². The van der Waals surface area contributed by atoms with Gasteiger partial charge in [0.15, 0.2) is 0 Å². The normalized spacial score (nSPS) is 14.1. The molecule has 0 saturated carbocycles. The average molecular weight is 203 g/mol. The number of benzene rings is 1. The first-order valence-corrected chi connectivity index (χ1v) is 4.22. The first kappa shape index (κ1) is 11.0. The highest BCUT2D eigenvalue weighted by Crippen LogP contribution is 2.32. The van der Waals surface area contributed by atoms with Crippen LogP contribution in [0.4, 0.5) is 13.2 Å². The zero-order valence-corrected chi connectivity index (χ0v) is 8.02. The van der Waals surface area contributed by atoms with Gasteiger partial charge in [-0.25, -0.2) is 0 Å². The van der Waals surface area contributed by atoms with Crippen LogP contribution in [0.3, 0.4) is 0 Å². The van der Waals surface area contributed by atoms with Gasteiger partial charge in [0.05, 0.1) is 0 Å². The summed E-state index contributed by atoms with van der Waals surface area (Å²) in [4.78, 5) is 0.